The fourth-order valence-corrected chi connectivity index (χ4v) is 10.6. The summed E-state index contributed by atoms with van der Waals surface area (Å²) in [6.45, 7) is 4.82. The van der Waals surface area contributed by atoms with Crippen LogP contribution in [0.3, 0.4) is 0 Å². The molecule has 12 rings (SSSR count). The van der Waals surface area contributed by atoms with Crippen molar-refractivity contribution in [2.45, 2.75) is 19.3 Å². The zero-order valence-electron chi connectivity index (χ0n) is 29.9. The van der Waals surface area contributed by atoms with Gasteiger partial charge in [-0.25, -0.2) is 0 Å². The van der Waals surface area contributed by atoms with Crippen LogP contribution in [0.4, 0.5) is 0 Å². The summed E-state index contributed by atoms with van der Waals surface area (Å²) in [5.74, 6) is 0. The largest absolute Gasteiger partial charge is 0.455 e. The number of furan rings is 1. The Morgan fingerprint density at radius 2 is 1.22 bits per heavy atom. The first kappa shape index (κ1) is 30.1. The summed E-state index contributed by atoms with van der Waals surface area (Å²) in [6, 6.07) is 60.2. The Bertz CT molecular complexity index is 3360. The number of para-hydroxylation sites is 3. The summed E-state index contributed by atoms with van der Waals surface area (Å²) < 4.78 is 11.6. The first-order valence-electron chi connectivity index (χ1n) is 18.7. The maximum absolute atomic E-state index is 6.47. The van der Waals surface area contributed by atoms with Crippen LogP contribution in [0, 0.1) is 0 Å². The second kappa shape index (κ2) is 10.8. The van der Waals surface area contributed by atoms with Gasteiger partial charge in [0.05, 0.1) is 11.0 Å². The molecule has 54 heavy (non-hydrogen) atoms. The molecular weight excluding hydrogens is 675 g/mol. The van der Waals surface area contributed by atoms with Crippen molar-refractivity contribution in [2.24, 2.45) is 0 Å². The number of fused-ring (bicyclic) bond motifs is 13. The summed E-state index contributed by atoms with van der Waals surface area (Å²) >= 11 is 1.90. The monoisotopic (exact) mass is 707 g/mol. The molecule has 1 aliphatic rings. The number of rotatable bonds is 3. The molecular formula is C51H33NOS. The van der Waals surface area contributed by atoms with Crippen LogP contribution in [0.15, 0.2) is 168 Å². The van der Waals surface area contributed by atoms with Gasteiger partial charge in [-0.1, -0.05) is 123 Å². The Balaban J connectivity index is 1.04. The third-order valence-electron chi connectivity index (χ3n) is 12.0. The Kier molecular flexibility index (Phi) is 6.03. The van der Waals surface area contributed by atoms with Gasteiger partial charge in [0.15, 0.2) is 0 Å². The lowest BCUT2D eigenvalue weighted by Crippen LogP contribution is -2.15. The van der Waals surface area contributed by atoms with Crippen LogP contribution in [0.5, 0.6) is 0 Å². The summed E-state index contributed by atoms with van der Waals surface area (Å²) in [5, 5.41) is 7.54. The molecule has 0 unspecified atom stereocenters. The third-order valence-corrected chi connectivity index (χ3v) is 13.1. The van der Waals surface area contributed by atoms with Crippen molar-refractivity contribution in [2.75, 3.05) is 0 Å². The maximum Gasteiger partial charge on any atom is 0.143 e. The van der Waals surface area contributed by atoms with Crippen LogP contribution in [-0.4, -0.2) is 4.57 Å². The number of hydrogen-bond acceptors (Lipinski definition) is 2. The average molecular weight is 708 g/mol. The molecule has 0 atom stereocenters. The number of thiophene rings is 1. The third kappa shape index (κ3) is 4.05. The molecule has 0 amide bonds. The van der Waals surface area contributed by atoms with E-state index >= 15 is 0 Å². The van der Waals surface area contributed by atoms with E-state index in [1.807, 2.05) is 17.4 Å². The molecule has 254 valence electrons. The van der Waals surface area contributed by atoms with E-state index in [9.17, 15) is 0 Å². The molecule has 0 radical (unpaired) electrons. The molecule has 0 saturated carbocycles. The SMILES string of the molecule is CC1(C)c2cc(-c3ccc4c5cc(-c6cccc7c6oc6ccccc67)ccc5n(-c5ccccc5)c4c3)ccc2-c2ccc3sc4ccccc4c3c21. The molecule has 3 heterocycles. The van der Waals surface area contributed by atoms with Gasteiger partial charge in [0.25, 0.3) is 0 Å². The van der Waals surface area contributed by atoms with Gasteiger partial charge in [-0.2, -0.15) is 0 Å². The molecule has 11 aromatic rings. The summed E-state index contributed by atoms with van der Waals surface area (Å²) in [7, 11) is 0. The van der Waals surface area contributed by atoms with Crippen molar-refractivity contribution in [3.05, 3.63) is 175 Å². The number of aromatic nitrogens is 1. The van der Waals surface area contributed by atoms with Crippen molar-refractivity contribution in [1.29, 1.82) is 0 Å². The highest BCUT2D eigenvalue weighted by molar-refractivity contribution is 7.25. The average Bonchev–Trinajstić information content (AvgIpc) is 3.94. The first-order chi connectivity index (χ1) is 26.5. The summed E-state index contributed by atoms with van der Waals surface area (Å²) in [6.07, 6.45) is 0. The quantitative estimate of drug-likeness (QED) is 0.179. The van der Waals surface area contributed by atoms with Gasteiger partial charge in [0.2, 0.25) is 0 Å². The molecule has 0 fully saturated rings. The van der Waals surface area contributed by atoms with Crippen molar-refractivity contribution >= 4 is 75.3 Å². The molecule has 8 aromatic carbocycles. The molecule has 0 bridgehead atoms. The molecule has 0 aliphatic heterocycles. The fourth-order valence-electron chi connectivity index (χ4n) is 9.50. The van der Waals surface area contributed by atoms with Crippen molar-refractivity contribution in [3.8, 4) is 39.1 Å². The predicted octanol–water partition coefficient (Wildman–Crippen LogP) is 14.7. The molecule has 0 N–H and O–H groups in total. The van der Waals surface area contributed by atoms with E-state index in [2.05, 4.69) is 176 Å². The van der Waals surface area contributed by atoms with Gasteiger partial charge >= 0.3 is 0 Å². The Morgan fingerprint density at radius 1 is 0.481 bits per heavy atom. The molecule has 2 nitrogen and oxygen atoms in total. The fraction of sp³-hybridized carbons (Fsp3) is 0.0588. The van der Waals surface area contributed by atoms with Crippen LogP contribution in [0.25, 0.3) is 103 Å². The molecule has 0 saturated heterocycles. The maximum atomic E-state index is 6.47. The lowest BCUT2D eigenvalue weighted by atomic mass is 9.80. The highest BCUT2D eigenvalue weighted by Crippen LogP contribution is 2.54. The predicted molar refractivity (Wildman–Crippen MR) is 229 cm³/mol. The minimum Gasteiger partial charge on any atom is -0.455 e. The highest BCUT2D eigenvalue weighted by atomic mass is 32.1. The smallest absolute Gasteiger partial charge is 0.143 e. The van der Waals surface area contributed by atoms with Gasteiger partial charge in [-0.3, -0.25) is 0 Å². The minimum atomic E-state index is -0.133. The second-order valence-corrected chi connectivity index (χ2v) is 16.3. The topological polar surface area (TPSA) is 18.1 Å². The molecule has 0 spiro atoms. The van der Waals surface area contributed by atoms with Crippen LogP contribution < -0.4 is 0 Å². The van der Waals surface area contributed by atoms with E-state index in [0.717, 1.165) is 38.8 Å². The Labute approximate surface area is 316 Å². The lowest BCUT2D eigenvalue weighted by Gasteiger charge is -2.23. The minimum absolute atomic E-state index is 0.133. The number of nitrogens with zero attached hydrogens (tertiary/aromatic N) is 1. The zero-order chi connectivity index (χ0) is 35.7. The molecule has 3 heteroatoms. The van der Waals surface area contributed by atoms with E-state index < -0.39 is 0 Å². The van der Waals surface area contributed by atoms with Crippen LogP contribution in [0.2, 0.25) is 0 Å². The van der Waals surface area contributed by atoms with E-state index in [0.29, 0.717) is 0 Å². The van der Waals surface area contributed by atoms with Gasteiger partial charge in [0, 0.05) is 58.4 Å². The summed E-state index contributed by atoms with van der Waals surface area (Å²) in [5.41, 5.74) is 15.5. The van der Waals surface area contributed by atoms with Gasteiger partial charge in [-0.05, 0) is 93.5 Å². The molecule has 1 aliphatic carbocycles. The highest BCUT2D eigenvalue weighted by Gasteiger charge is 2.38. The molecule has 3 aromatic heterocycles. The van der Waals surface area contributed by atoms with E-state index in [1.165, 1.54) is 75.4 Å². The van der Waals surface area contributed by atoms with Crippen molar-refractivity contribution < 1.29 is 4.42 Å². The second-order valence-electron chi connectivity index (χ2n) is 15.3. The normalized spacial score (nSPS) is 13.5. The van der Waals surface area contributed by atoms with E-state index in [1.54, 1.807) is 0 Å². The van der Waals surface area contributed by atoms with Gasteiger partial charge in [-0.15, -0.1) is 11.3 Å². The van der Waals surface area contributed by atoms with Gasteiger partial charge in [0.1, 0.15) is 11.2 Å². The lowest BCUT2D eigenvalue weighted by molar-refractivity contribution is 0.667. The first-order valence-corrected chi connectivity index (χ1v) is 19.5. The van der Waals surface area contributed by atoms with E-state index in [4.69, 9.17) is 4.42 Å². The Morgan fingerprint density at radius 3 is 2.13 bits per heavy atom. The van der Waals surface area contributed by atoms with Crippen molar-refractivity contribution in [1.82, 2.24) is 4.57 Å². The summed E-state index contributed by atoms with van der Waals surface area (Å²) in [4.78, 5) is 0. The zero-order valence-corrected chi connectivity index (χ0v) is 30.7. The van der Waals surface area contributed by atoms with Gasteiger partial charge < -0.3 is 8.98 Å². The van der Waals surface area contributed by atoms with E-state index in [-0.39, 0.29) is 5.41 Å². The van der Waals surface area contributed by atoms with Crippen molar-refractivity contribution in [3.63, 3.8) is 0 Å². The number of hydrogen-bond donors (Lipinski definition) is 0. The number of benzene rings is 8. The van der Waals surface area contributed by atoms with Crippen LogP contribution in [0.1, 0.15) is 25.0 Å². The Hall–Kier alpha value is -6.42. The van der Waals surface area contributed by atoms with Crippen LogP contribution >= 0.6 is 11.3 Å². The van der Waals surface area contributed by atoms with Crippen LogP contribution in [-0.2, 0) is 5.41 Å². The standard InChI is InChI=1S/C51H33NOS/c1-51(2)42-28-30(19-22-35(42)38-24-26-47-48(49(38)51)40-14-7-9-18-46(40)54-47)31-20-23-36-41-27-32(21-25-43(41)52(44(36)29-31)33-11-4-3-5-12-33)34-15-10-16-39-37-13-6-8-17-45(37)53-50(34)39/h3-29H,1-2H3.